The third-order valence-electron chi connectivity index (χ3n) is 3.31. The Morgan fingerprint density at radius 3 is 2.91 bits per heavy atom. The summed E-state index contributed by atoms with van der Waals surface area (Å²) in [5.41, 5.74) is 1.41. The van der Waals surface area contributed by atoms with Gasteiger partial charge in [-0.1, -0.05) is 28.1 Å². The van der Waals surface area contributed by atoms with Gasteiger partial charge >= 0.3 is 6.29 Å². The standard InChI is InChI=1S/C15H9BrF2N2O2S/c16-8-4-5-9-11(6-8)19-7-13(9)23-20-10-2-1-3-12-14(10)22-15(17,18)21-12/h1-7,19-20H. The van der Waals surface area contributed by atoms with Crippen LogP contribution in [0.1, 0.15) is 0 Å². The van der Waals surface area contributed by atoms with Crippen molar-refractivity contribution >= 4 is 44.5 Å². The van der Waals surface area contributed by atoms with E-state index in [-0.39, 0.29) is 11.5 Å². The van der Waals surface area contributed by atoms with Crippen molar-refractivity contribution in [1.29, 1.82) is 0 Å². The third kappa shape index (κ3) is 2.72. The number of aromatic nitrogens is 1. The van der Waals surface area contributed by atoms with Crippen molar-refractivity contribution in [2.75, 3.05) is 4.72 Å². The van der Waals surface area contributed by atoms with Crippen LogP contribution >= 0.6 is 27.9 Å². The van der Waals surface area contributed by atoms with E-state index in [4.69, 9.17) is 0 Å². The van der Waals surface area contributed by atoms with Crippen LogP contribution in [0, 0.1) is 0 Å². The topological polar surface area (TPSA) is 46.3 Å². The molecule has 118 valence electrons. The Hall–Kier alpha value is -1.93. The van der Waals surface area contributed by atoms with Crippen LogP contribution in [-0.2, 0) is 0 Å². The highest BCUT2D eigenvalue weighted by atomic mass is 79.9. The average Bonchev–Trinajstić information content (AvgIpc) is 3.03. The Morgan fingerprint density at radius 2 is 2.04 bits per heavy atom. The maximum Gasteiger partial charge on any atom is 0.586 e. The maximum atomic E-state index is 13.2. The molecule has 0 bridgehead atoms. The maximum absolute atomic E-state index is 13.2. The largest absolute Gasteiger partial charge is 0.586 e. The van der Waals surface area contributed by atoms with Crippen molar-refractivity contribution in [2.24, 2.45) is 0 Å². The molecule has 2 N–H and O–H groups in total. The summed E-state index contributed by atoms with van der Waals surface area (Å²) < 4.78 is 39.4. The van der Waals surface area contributed by atoms with E-state index in [1.807, 2.05) is 24.4 Å². The second kappa shape index (κ2) is 5.31. The Morgan fingerprint density at radius 1 is 1.17 bits per heavy atom. The van der Waals surface area contributed by atoms with E-state index in [1.165, 1.54) is 18.0 Å². The van der Waals surface area contributed by atoms with E-state index in [0.717, 1.165) is 20.3 Å². The molecule has 0 saturated heterocycles. The van der Waals surface area contributed by atoms with Gasteiger partial charge in [0, 0.05) is 21.6 Å². The monoisotopic (exact) mass is 398 g/mol. The lowest BCUT2D eigenvalue weighted by Gasteiger charge is -2.08. The Balaban J connectivity index is 1.59. The zero-order chi connectivity index (χ0) is 16.0. The molecule has 0 fully saturated rings. The van der Waals surface area contributed by atoms with E-state index in [9.17, 15) is 8.78 Å². The summed E-state index contributed by atoms with van der Waals surface area (Å²) in [5.74, 6) is 0.0241. The molecule has 2 heterocycles. The average molecular weight is 399 g/mol. The molecule has 0 amide bonds. The van der Waals surface area contributed by atoms with Crippen LogP contribution in [0.4, 0.5) is 14.5 Å². The molecular formula is C15H9BrF2N2O2S. The zero-order valence-electron chi connectivity index (χ0n) is 11.4. The van der Waals surface area contributed by atoms with Gasteiger partial charge in [-0.25, -0.2) is 0 Å². The number of fused-ring (bicyclic) bond motifs is 2. The molecule has 3 aromatic rings. The molecule has 0 aliphatic carbocycles. The SMILES string of the molecule is FC1(F)Oc2cccc(NSc3c[nH]c4cc(Br)ccc34)c2O1. The predicted octanol–water partition coefficient (Wildman–Crippen LogP) is 5.37. The van der Waals surface area contributed by atoms with Crippen LogP contribution in [0.2, 0.25) is 0 Å². The molecule has 1 aliphatic rings. The van der Waals surface area contributed by atoms with Crippen LogP contribution in [0.5, 0.6) is 11.5 Å². The van der Waals surface area contributed by atoms with Crippen molar-refractivity contribution in [3.63, 3.8) is 0 Å². The number of para-hydroxylation sites is 1. The van der Waals surface area contributed by atoms with Crippen molar-refractivity contribution in [3.8, 4) is 11.5 Å². The summed E-state index contributed by atoms with van der Waals surface area (Å²) in [6.45, 7) is 0. The van der Waals surface area contributed by atoms with Crippen LogP contribution in [0.25, 0.3) is 10.9 Å². The van der Waals surface area contributed by atoms with Gasteiger partial charge in [0.2, 0.25) is 0 Å². The third-order valence-corrected chi connectivity index (χ3v) is 4.68. The van der Waals surface area contributed by atoms with E-state index >= 15 is 0 Å². The Labute approximate surface area is 142 Å². The molecule has 0 saturated carbocycles. The minimum Gasteiger partial charge on any atom is -0.395 e. The van der Waals surface area contributed by atoms with Gasteiger partial charge in [0.25, 0.3) is 0 Å². The number of anilines is 1. The van der Waals surface area contributed by atoms with Gasteiger partial charge < -0.3 is 19.2 Å². The van der Waals surface area contributed by atoms with Crippen LogP contribution in [0.15, 0.2) is 52.0 Å². The molecule has 1 aliphatic heterocycles. The lowest BCUT2D eigenvalue weighted by Crippen LogP contribution is -2.26. The number of ether oxygens (including phenoxy) is 2. The lowest BCUT2D eigenvalue weighted by atomic mass is 10.2. The second-order valence-corrected chi connectivity index (χ2v) is 6.61. The van der Waals surface area contributed by atoms with E-state index in [1.54, 1.807) is 12.1 Å². The van der Waals surface area contributed by atoms with E-state index < -0.39 is 6.29 Å². The van der Waals surface area contributed by atoms with Gasteiger partial charge in [0.05, 0.1) is 10.6 Å². The molecule has 4 nitrogen and oxygen atoms in total. The molecule has 0 atom stereocenters. The number of nitrogens with one attached hydrogen (secondary N) is 2. The molecule has 0 unspecified atom stereocenters. The molecule has 0 spiro atoms. The summed E-state index contributed by atoms with van der Waals surface area (Å²) in [6.07, 6.45) is -1.78. The van der Waals surface area contributed by atoms with E-state index in [0.29, 0.717) is 5.69 Å². The first-order valence-corrected chi connectivity index (χ1v) is 8.21. The number of hydrogen-bond acceptors (Lipinski definition) is 4. The minimum atomic E-state index is -3.63. The quantitative estimate of drug-likeness (QED) is 0.582. The van der Waals surface area contributed by atoms with E-state index in [2.05, 4.69) is 35.1 Å². The zero-order valence-corrected chi connectivity index (χ0v) is 13.8. The number of benzene rings is 2. The van der Waals surface area contributed by atoms with Gasteiger partial charge in [0.15, 0.2) is 11.5 Å². The fourth-order valence-electron chi connectivity index (χ4n) is 2.32. The van der Waals surface area contributed by atoms with Crippen molar-refractivity contribution in [2.45, 2.75) is 11.2 Å². The summed E-state index contributed by atoms with van der Waals surface area (Å²) in [5, 5.41) is 1.03. The van der Waals surface area contributed by atoms with Gasteiger partial charge in [-0.15, -0.1) is 8.78 Å². The summed E-state index contributed by atoms with van der Waals surface area (Å²) in [4.78, 5) is 4.10. The normalized spacial score (nSPS) is 15.1. The van der Waals surface area contributed by atoms with Gasteiger partial charge in [-0.2, -0.15) is 0 Å². The molecule has 0 radical (unpaired) electrons. The van der Waals surface area contributed by atoms with Gasteiger partial charge in [0.1, 0.15) is 0 Å². The van der Waals surface area contributed by atoms with Crippen LogP contribution in [-0.4, -0.2) is 11.3 Å². The molecule has 23 heavy (non-hydrogen) atoms. The first-order chi connectivity index (χ1) is 11.0. The van der Waals surface area contributed by atoms with Gasteiger partial charge in [-0.3, -0.25) is 0 Å². The summed E-state index contributed by atoms with van der Waals surface area (Å²) in [6, 6.07) is 10.6. The minimum absolute atomic E-state index is 0.00702. The van der Waals surface area contributed by atoms with Gasteiger partial charge in [-0.05, 0) is 36.2 Å². The Kier molecular flexibility index (Phi) is 3.38. The summed E-state index contributed by atoms with van der Waals surface area (Å²) in [7, 11) is 0. The lowest BCUT2D eigenvalue weighted by molar-refractivity contribution is -0.286. The first-order valence-electron chi connectivity index (χ1n) is 6.60. The number of halogens is 3. The molecular weight excluding hydrogens is 390 g/mol. The molecule has 8 heteroatoms. The molecule has 4 rings (SSSR count). The highest BCUT2D eigenvalue weighted by Crippen LogP contribution is 2.46. The number of hydrogen-bond donors (Lipinski definition) is 2. The number of rotatable bonds is 3. The molecule has 1 aromatic heterocycles. The summed E-state index contributed by atoms with van der Waals surface area (Å²) >= 11 is 4.72. The fraction of sp³-hybridized carbons (Fsp3) is 0.0667. The first kappa shape index (κ1) is 14.6. The van der Waals surface area contributed by atoms with Crippen LogP contribution in [0.3, 0.4) is 0 Å². The highest BCUT2D eigenvalue weighted by Gasteiger charge is 2.44. The predicted molar refractivity (Wildman–Crippen MR) is 88.1 cm³/mol. The Bertz CT molecular complexity index is 900. The smallest absolute Gasteiger partial charge is 0.395 e. The van der Waals surface area contributed by atoms with Crippen molar-refractivity contribution < 1.29 is 18.3 Å². The van der Waals surface area contributed by atoms with Crippen LogP contribution < -0.4 is 14.2 Å². The molecule has 2 aromatic carbocycles. The van der Waals surface area contributed by atoms with Crippen molar-refractivity contribution in [3.05, 3.63) is 47.1 Å². The number of alkyl halides is 2. The second-order valence-electron chi connectivity index (χ2n) is 4.85. The van der Waals surface area contributed by atoms with Crippen molar-refractivity contribution in [1.82, 2.24) is 4.98 Å². The number of H-pyrrole nitrogens is 1. The fourth-order valence-corrected chi connectivity index (χ4v) is 3.46. The number of aromatic amines is 1. The highest BCUT2D eigenvalue weighted by molar-refractivity contribution is 9.10.